The smallest absolute Gasteiger partial charge is 0.305 e. The van der Waals surface area contributed by atoms with E-state index in [1.54, 1.807) is 25.3 Å². The van der Waals surface area contributed by atoms with Gasteiger partial charge in [0.15, 0.2) is 0 Å². The fraction of sp³-hybridized carbons (Fsp3) is 0.462. The molecule has 1 aromatic heterocycles. The lowest BCUT2D eigenvalue weighted by Gasteiger charge is -2.27. The second-order valence-electron chi connectivity index (χ2n) is 4.99. The van der Waals surface area contributed by atoms with Crippen molar-refractivity contribution in [2.24, 2.45) is 0 Å². The molecule has 0 fully saturated rings. The van der Waals surface area contributed by atoms with Gasteiger partial charge in [-0.3, -0.25) is 14.4 Å². The molecule has 0 bridgehead atoms. The summed E-state index contributed by atoms with van der Waals surface area (Å²) in [6.45, 7) is 4.45. The number of amides is 2. The van der Waals surface area contributed by atoms with Crippen molar-refractivity contribution in [3.63, 3.8) is 0 Å². The molecule has 110 valence electrons. The van der Waals surface area contributed by atoms with Gasteiger partial charge in [-0.15, -0.1) is 0 Å². The van der Waals surface area contributed by atoms with E-state index in [9.17, 15) is 14.4 Å². The Kier molecular flexibility index (Phi) is 5.26. The van der Waals surface area contributed by atoms with Crippen LogP contribution in [0.2, 0.25) is 0 Å². The number of aliphatic carboxylic acids is 1. The summed E-state index contributed by atoms with van der Waals surface area (Å²) >= 11 is 1.43. The fourth-order valence-corrected chi connectivity index (χ4v) is 2.45. The third kappa shape index (κ3) is 4.65. The van der Waals surface area contributed by atoms with E-state index in [1.165, 1.54) is 18.3 Å². The molecule has 1 aromatic rings. The Morgan fingerprint density at radius 3 is 2.50 bits per heavy atom. The van der Waals surface area contributed by atoms with Crippen molar-refractivity contribution in [3.8, 4) is 0 Å². The molecular formula is C13H18N2O4S. The molecule has 1 atom stereocenters. The Morgan fingerprint density at radius 1 is 1.40 bits per heavy atom. The van der Waals surface area contributed by atoms with Crippen LogP contribution in [-0.2, 0) is 14.4 Å². The molecule has 0 aliphatic rings. The van der Waals surface area contributed by atoms with Crippen molar-refractivity contribution >= 4 is 29.1 Å². The van der Waals surface area contributed by atoms with E-state index in [2.05, 4.69) is 10.6 Å². The maximum atomic E-state index is 12.2. The molecule has 0 radical (unpaired) electrons. The molecule has 1 unspecified atom stereocenters. The zero-order valence-electron chi connectivity index (χ0n) is 11.6. The summed E-state index contributed by atoms with van der Waals surface area (Å²) in [6.07, 6.45) is -0.210. The van der Waals surface area contributed by atoms with Crippen molar-refractivity contribution in [2.45, 2.75) is 38.8 Å². The molecule has 0 aliphatic carbocycles. The molecule has 1 rings (SSSR count). The molecule has 0 saturated heterocycles. The summed E-state index contributed by atoms with van der Waals surface area (Å²) in [6, 6.07) is 1.16. The maximum Gasteiger partial charge on any atom is 0.305 e. The maximum absolute atomic E-state index is 12.2. The average molecular weight is 298 g/mol. The molecular weight excluding hydrogens is 280 g/mol. The zero-order chi connectivity index (χ0) is 15.3. The molecule has 3 N–H and O–H groups in total. The Labute approximate surface area is 121 Å². The van der Waals surface area contributed by atoms with E-state index >= 15 is 0 Å². The van der Waals surface area contributed by atoms with Crippen molar-refractivity contribution in [1.82, 2.24) is 10.6 Å². The quantitative estimate of drug-likeness (QED) is 0.737. The molecule has 20 heavy (non-hydrogen) atoms. The summed E-state index contributed by atoms with van der Waals surface area (Å²) in [5.41, 5.74) is -0.358. The average Bonchev–Trinajstić information content (AvgIpc) is 2.78. The topological polar surface area (TPSA) is 95.5 Å². The highest BCUT2D eigenvalue weighted by Gasteiger charge is 2.31. The van der Waals surface area contributed by atoms with Gasteiger partial charge in [0.1, 0.15) is 5.54 Å². The number of carboxylic acids is 1. The number of hydrogen-bond acceptors (Lipinski definition) is 4. The van der Waals surface area contributed by atoms with Gasteiger partial charge in [0.2, 0.25) is 11.8 Å². The molecule has 0 saturated carbocycles. The standard InChI is InChI=1S/C13H18N2O4S/c1-8(16)15-13(2,3)12(19)14-10(6-11(17)18)9-4-5-20-7-9/h4-5,7,10H,6H2,1-3H3,(H,14,19)(H,15,16)(H,17,18). The number of hydrogen-bond donors (Lipinski definition) is 3. The first kappa shape index (κ1) is 16.2. The van der Waals surface area contributed by atoms with Crippen molar-refractivity contribution in [2.75, 3.05) is 0 Å². The van der Waals surface area contributed by atoms with Crippen LogP contribution >= 0.6 is 11.3 Å². The van der Waals surface area contributed by atoms with Gasteiger partial charge in [-0.05, 0) is 36.2 Å². The lowest BCUT2D eigenvalue weighted by atomic mass is 10.0. The van der Waals surface area contributed by atoms with E-state index in [4.69, 9.17) is 5.11 Å². The second-order valence-corrected chi connectivity index (χ2v) is 5.77. The van der Waals surface area contributed by atoms with Crippen LogP contribution in [-0.4, -0.2) is 28.4 Å². The fourth-order valence-electron chi connectivity index (χ4n) is 1.74. The third-order valence-corrected chi connectivity index (χ3v) is 3.39. The highest BCUT2D eigenvalue weighted by Crippen LogP contribution is 2.20. The Balaban J connectivity index is 2.82. The van der Waals surface area contributed by atoms with Gasteiger partial charge >= 0.3 is 5.97 Å². The van der Waals surface area contributed by atoms with Crippen LogP contribution in [0.15, 0.2) is 16.8 Å². The van der Waals surface area contributed by atoms with Gasteiger partial charge in [0.25, 0.3) is 0 Å². The van der Waals surface area contributed by atoms with Gasteiger partial charge in [0, 0.05) is 6.92 Å². The van der Waals surface area contributed by atoms with E-state index in [1.807, 2.05) is 5.38 Å². The lowest BCUT2D eigenvalue weighted by Crippen LogP contribution is -2.54. The van der Waals surface area contributed by atoms with Gasteiger partial charge < -0.3 is 15.7 Å². The molecule has 0 spiro atoms. The Bertz CT molecular complexity index is 496. The minimum atomic E-state index is -1.10. The molecule has 0 aromatic carbocycles. The van der Waals surface area contributed by atoms with E-state index in [0.717, 1.165) is 5.56 Å². The number of carbonyl (C=O) groups excluding carboxylic acids is 2. The van der Waals surface area contributed by atoms with Gasteiger partial charge in [-0.25, -0.2) is 0 Å². The summed E-state index contributed by atoms with van der Waals surface area (Å²) in [7, 11) is 0. The number of thiophene rings is 1. The Morgan fingerprint density at radius 2 is 2.05 bits per heavy atom. The van der Waals surface area contributed by atoms with Crippen LogP contribution in [0, 0.1) is 0 Å². The summed E-state index contributed by atoms with van der Waals surface area (Å²) in [5, 5.41) is 17.7. The second kappa shape index (κ2) is 6.51. The van der Waals surface area contributed by atoms with Gasteiger partial charge in [-0.1, -0.05) is 0 Å². The molecule has 7 heteroatoms. The first-order valence-electron chi connectivity index (χ1n) is 6.06. The number of rotatable bonds is 6. The van der Waals surface area contributed by atoms with Gasteiger partial charge in [0.05, 0.1) is 12.5 Å². The van der Waals surface area contributed by atoms with E-state index in [-0.39, 0.29) is 12.3 Å². The molecule has 2 amide bonds. The van der Waals surface area contributed by atoms with Crippen LogP contribution in [0.1, 0.15) is 38.8 Å². The van der Waals surface area contributed by atoms with Crippen molar-refractivity contribution in [1.29, 1.82) is 0 Å². The monoisotopic (exact) mass is 298 g/mol. The first-order chi connectivity index (χ1) is 9.22. The SMILES string of the molecule is CC(=O)NC(C)(C)C(=O)NC(CC(=O)O)c1ccsc1. The van der Waals surface area contributed by atoms with E-state index < -0.39 is 23.5 Å². The van der Waals surface area contributed by atoms with Crippen molar-refractivity contribution in [3.05, 3.63) is 22.4 Å². The normalized spacial score (nSPS) is 12.6. The minimum absolute atomic E-state index is 0.210. The van der Waals surface area contributed by atoms with Crippen molar-refractivity contribution < 1.29 is 19.5 Å². The molecule has 0 aliphatic heterocycles. The highest BCUT2D eigenvalue weighted by molar-refractivity contribution is 7.08. The van der Waals surface area contributed by atoms with Crippen LogP contribution in [0.25, 0.3) is 0 Å². The predicted octanol–water partition coefficient (Wildman–Crippen LogP) is 1.29. The van der Waals surface area contributed by atoms with Crippen LogP contribution in [0.3, 0.4) is 0 Å². The predicted molar refractivity (Wildman–Crippen MR) is 75.4 cm³/mol. The number of carboxylic acid groups (broad SMARTS) is 1. The van der Waals surface area contributed by atoms with Crippen LogP contribution in [0.4, 0.5) is 0 Å². The van der Waals surface area contributed by atoms with Crippen LogP contribution < -0.4 is 10.6 Å². The number of nitrogens with one attached hydrogen (secondary N) is 2. The lowest BCUT2D eigenvalue weighted by molar-refractivity contribution is -0.138. The highest BCUT2D eigenvalue weighted by atomic mass is 32.1. The summed E-state index contributed by atoms with van der Waals surface area (Å²) in [4.78, 5) is 34.1. The zero-order valence-corrected chi connectivity index (χ0v) is 12.4. The third-order valence-electron chi connectivity index (χ3n) is 2.69. The Hall–Kier alpha value is -1.89. The molecule has 6 nitrogen and oxygen atoms in total. The first-order valence-corrected chi connectivity index (χ1v) is 7.00. The molecule has 1 heterocycles. The summed E-state index contributed by atoms with van der Waals surface area (Å²) < 4.78 is 0. The number of carbonyl (C=O) groups is 3. The van der Waals surface area contributed by atoms with Crippen LogP contribution in [0.5, 0.6) is 0 Å². The van der Waals surface area contributed by atoms with E-state index in [0.29, 0.717) is 0 Å². The summed E-state index contributed by atoms with van der Waals surface area (Å²) in [5.74, 6) is -1.75. The largest absolute Gasteiger partial charge is 0.481 e. The minimum Gasteiger partial charge on any atom is -0.481 e. The van der Waals surface area contributed by atoms with Gasteiger partial charge in [-0.2, -0.15) is 11.3 Å².